The van der Waals surface area contributed by atoms with Gasteiger partial charge in [-0.05, 0) is 24.6 Å². The number of halogens is 5. The molecule has 0 radical (unpaired) electrons. The third-order valence-electron chi connectivity index (χ3n) is 6.22. The number of anilines is 1. The predicted molar refractivity (Wildman–Crippen MR) is 127 cm³/mol. The van der Waals surface area contributed by atoms with Crippen LogP contribution >= 0.6 is 11.6 Å². The maximum absolute atomic E-state index is 15.0. The molecule has 3 aromatic rings. The molecule has 2 heterocycles. The minimum absolute atomic E-state index is 0.0221. The summed E-state index contributed by atoms with van der Waals surface area (Å²) in [5.41, 5.74) is 0.542. The van der Waals surface area contributed by atoms with Gasteiger partial charge in [-0.25, -0.2) is 27.3 Å². The van der Waals surface area contributed by atoms with Crippen molar-refractivity contribution in [2.45, 2.75) is 26.1 Å². The molecular formula is C25H21ClF4N4O3. The van der Waals surface area contributed by atoms with E-state index in [1.54, 1.807) is 20.0 Å². The predicted octanol–water partition coefficient (Wildman–Crippen LogP) is 5.36. The summed E-state index contributed by atoms with van der Waals surface area (Å²) in [6, 6.07) is 4.74. The zero-order valence-electron chi connectivity index (χ0n) is 19.9. The average molecular weight is 537 g/mol. The van der Waals surface area contributed by atoms with Gasteiger partial charge in [0.25, 0.3) is 11.8 Å². The number of ether oxygens (including phenoxy) is 1. The number of pyridine rings is 1. The van der Waals surface area contributed by atoms with Crippen LogP contribution < -0.4 is 15.0 Å². The van der Waals surface area contributed by atoms with Gasteiger partial charge in [-0.15, -0.1) is 0 Å². The van der Waals surface area contributed by atoms with Gasteiger partial charge < -0.3 is 15.0 Å². The van der Waals surface area contributed by atoms with E-state index in [1.165, 1.54) is 35.2 Å². The van der Waals surface area contributed by atoms with Gasteiger partial charge >= 0.3 is 6.03 Å². The van der Waals surface area contributed by atoms with E-state index in [2.05, 4.69) is 10.3 Å². The Morgan fingerprint density at radius 1 is 1.14 bits per heavy atom. The molecule has 0 spiro atoms. The first kappa shape index (κ1) is 26.2. The minimum Gasteiger partial charge on any atom is -0.479 e. The molecule has 0 fully saturated rings. The van der Waals surface area contributed by atoms with E-state index in [0.717, 1.165) is 0 Å². The molecular weight excluding hydrogens is 516 g/mol. The van der Waals surface area contributed by atoms with E-state index in [4.69, 9.17) is 16.3 Å². The first-order valence-electron chi connectivity index (χ1n) is 11.0. The van der Waals surface area contributed by atoms with Crippen LogP contribution in [0.5, 0.6) is 5.88 Å². The minimum atomic E-state index is -1.14. The molecule has 0 bridgehead atoms. The zero-order valence-corrected chi connectivity index (χ0v) is 20.7. The second-order valence-corrected chi connectivity index (χ2v) is 8.78. The van der Waals surface area contributed by atoms with Crippen LogP contribution in [-0.4, -0.2) is 36.0 Å². The number of carbonyl (C=O) groups excluding carboxylic acids is 2. The highest BCUT2D eigenvalue weighted by Gasteiger charge is 2.35. The molecule has 1 atom stereocenters. The molecule has 194 valence electrons. The fraction of sp³-hybridized carbons (Fsp3) is 0.240. The third kappa shape index (κ3) is 4.91. The molecule has 0 aliphatic carbocycles. The number of rotatable bonds is 6. The van der Waals surface area contributed by atoms with Crippen molar-refractivity contribution in [2.75, 3.05) is 19.1 Å². The standard InChI is InChI=1S/C25H21ClF4N4O3/c1-12-15-5-4-13(23(35)31-9-16-19(28)7-14(27)8-20(16)29)6-21(15)34(25(36)33(12)2)11-17-18(26)10-32-24(37-3)22(17)30/h4-8,10,12H,9,11H2,1-3H3,(H,31,35). The summed E-state index contributed by atoms with van der Waals surface area (Å²) in [7, 11) is 2.83. The Morgan fingerprint density at radius 2 is 1.81 bits per heavy atom. The summed E-state index contributed by atoms with van der Waals surface area (Å²) in [5, 5.41) is 2.37. The second-order valence-electron chi connectivity index (χ2n) is 8.37. The number of hydrogen-bond donors (Lipinski definition) is 1. The van der Waals surface area contributed by atoms with Crippen molar-refractivity contribution in [3.8, 4) is 5.88 Å². The van der Waals surface area contributed by atoms with Crippen molar-refractivity contribution in [2.24, 2.45) is 0 Å². The van der Waals surface area contributed by atoms with Crippen LogP contribution in [0.15, 0.2) is 36.5 Å². The van der Waals surface area contributed by atoms with Crippen LogP contribution in [0.25, 0.3) is 0 Å². The van der Waals surface area contributed by atoms with Crippen LogP contribution in [0, 0.1) is 23.3 Å². The Balaban J connectivity index is 1.67. The number of benzene rings is 2. The Kier molecular flexibility index (Phi) is 7.26. The van der Waals surface area contributed by atoms with Crippen LogP contribution in [0.2, 0.25) is 5.02 Å². The maximum Gasteiger partial charge on any atom is 0.325 e. The van der Waals surface area contributed by atoms with E-state index in [0.29, 0.717) is 23.4 Å². The summed E-state index contributed by atoms with van der Waals surface area (Å²) in [6.07, 6.45) is 1.21. The molecule has 2 aromatic carbocycles. The summed E-state index contributed by atoms with van der Waals surface area (Å²) in [6.45, 7) is 0.966. The van der Waals surface area contributed by atoms with Crippen molar-refractivity contribution in [1.29, 1.82) is 0 Å². The number of methoxy groups -OCH3 is 1. The third-order valence-corrected chi connectivity index (χ3v) is 6.55. The Hall–Kier alpha value is -3.86. The topological polar surface area (TPSA) is 74.8 Å². The lowest BCUT2D eigenvalue weighted by Gasteiger charge is -2.39. The second kappa shape index (κ2) is 10.3. The van der Waals surface area contributed by atoms with E-state index in [-0.39, 0.29) is 34.6 Å². The maximum atomic E-state index is 15.0. The molecule has 1 unspecified atom stereocenters. The first-order valence-corrected chi connectivity index (χ1v) is 11.4. The summed E-state index contributed by atoms with van der Waals surface area (Å²) >= 11 is 6.18. The molecule has 1 aromatic heterocycles. The molecule has 1 aliphatic heterocycles. The molecule has 0 saturated heterocycles. The normalized spacial score (nSPS) is 15.0. The number of nitrogens with zero attached hydrogens (tertiary/aromatic N) is 3. The average Bonchev–Trinajstić information content (AvgIpc) is 2.86. The number of amides is 3. The molecule has 4 rings (SSSR count). The molecule has 0 saturated carbocycles. The van der Waals surface area contributed by atoms with Crippen LogP contribution in [0.1, 0.15) is 40.0 Å². The van der Waals surface area contributed by atoms with Crippen molar-refractivity contribution >= 4 is 29.2 Å². The number of nitrogens with one attached hydrogen (secondary N) is 1. The first-order chi connectivity index (χ1) is 17.5. The highest BCUT2D eigenvalue weighted by atomic mass is 35.5. The molecule has 1 aliphatic rings. The molecule has 12 heteroatoms. The molecule has 7 nitrogen and oxygen atoms in total. The summed E-state index contributed by atoms with van der Waals surface area (Å²) in [4.78, 5) is 32.5. The summed E-state index contributed by atoms with van der Waals surface area (Å²) < 4.78 is 60.9. The Labute approximate surface area is 214 Å². The Morgan fingerprint density at radius 3 is 2.46 bits per heavy atom. The SMILES string of the molecule is COc1ncc(Cl)c(CN2C(=O)N(C)C(C)c3ccc(C(=O)NCc4c(F)cc(F)cc4F)cc32)c1F. The van der Waals surface area contributed by atoms with Gasteiger partial charge in [-0.1, -0.05) is 17.7 Å². The zero-order chi connectivity index (χ0) is 27.0. The summed E-state index contributed by atoms with van der Waals surface area (Å²) in [5.74, 6) is -5.17. The van der Waals surface area contributed by atoms with E-state index >= 15 is 0 Å². The highest BCUT2D eigenvalue weighted by molar-refractivity contribution is 6.31. The van der Waals surface area contributed by atoms with Crippen molar-refractivity contribution in [3.05, 3.63) is 87.1 Å². The smallest absolute Gasteiger partial charge is 0.325 e. The van der Waals surface area contributed by atoms with Crippen LogP contribution in [0.4, 0.5) is 28.0 Å². The highest BCUT2D eigenvalue weighted by Crippen LogP contribution is 2.38. The number of urea groups is 1. The number of aromatic nitrogens is 1. The van der Waals surface area contributed by atoms with Crippen molar-refractivity contribution in [3.63, 3.8) is 0 Å². The lowest BCUT2D eigenvalue weighted by molar-refractivity contribution is 0.0950. The largest absolute Gasteiger partial charge is 0.479 e. The van der Waals surface area contributed by atoms with E-state index < -0.39 is 47.3 Å². The molecule has 37 heavy (non-hydrogen) atoms. The van der Waals surface area contributed by atoms with Gasteiger partial charge in [0.15, 0.2) is 5.82 Å². The Bertz CT molecular complexity index is 1380. The quantitative estimate of drug-likeness (QED) is 0.430. The van der Waals surface area contributed by atoms with Crippen LogP contribution in [0.3, 0.4) is 0 Å². The molecule has 1 N–H and O–H groups in total. The monoisotopic (exact) mass is 536 g/mol. The number of carbonyl (C=O) groups is 2. The fourth-order valence-electron chi connectivity index (χ4n) is 4.03. The fourth-order valence-corrected chi connectivity index (χ4v) is 4.22. The van der Waals surface area contributed by atoms with Gasteiger partial charge in [-0.3, -0.25) is 9.69 Å². The van der Waals surface area contributed by atoms with Gasteiger partial charge in [0.1, 0.15) is 17.5 Å². The van der Waals surface area contributed by atoms with Gasteiger partial charge in [0, 0.05) is 42.4 Å². The van der Waals surface area contributed by atoms with E-state index in [1.807, 2.05) is 0 Å². The number of hydrogen-bond acceptors (Lipinski definition) is 4. The van der Waals surface area contributed by atoms with Gasteiger partial charge in [0.2, 0.25) is 0 Å². The van der Waals surface area contributed by atoms with Crippen molar-refractivity contribution in [1.82, 2.24) is 15.2 Å². The van der Waals surface area contributed by atoms with E-state index in [9.17, 15) is 27.2 Å². The van der Waals surface area contributed by atoms with Crippen molar-refractivity contribution < 1.29 is 31.9 Å². The van der Waals surface area contributed by atoms with Crippen LogP contribution in [-0.2, 0) is 13.1 Å². The van der Waals surface area contributed by atoms with Gasteiger partial charge in [0.05, 0.1) is 36.6 Å². The lowest BCUT2D eigenvalue weighted by atomic mass is 9.98. The van der Waals surface area contributed by atoms with Gasteiger partial charge in [-0.2, -0.15) is 0 Å². The lowest BCUT2D eigenvalue weighted by Crippen LogP contribution is -2.46. The number of fused-ring (bicyclic) bond motifs is 1. The molecule has 3 amide bonds.